The van der Waals surface area contributed by atoms with Gasteiger partial charge in [0.05, 0.1) is 17.7 Å². The van der Waals surface area contributed by atoms with Gasteiger partial charge in [0.1, 0.15) is 0 Å². The van der Waals surface area contributed by atoms with Gasteiger partial charge in [-0.1, -0.05) is 47.5 Å². The maximum absolute atomic E-state index is 12.8. The number of hydrogen-bond donors (Lipinski definition) is 2. The lowest BCUT2D eigenvalue weighted by Gasteiger charge is -2.12. The molecule has 0 aliphatic carbocycles. The van der Waals surface area contributed by atoms with Crippen LogP contribution in [0.5, 0.6) is 11.5 Å². The van der Waals surface area contributed by atoms with Crippen molar-refractivity contribution in [2.75, 3.05) is 12.1 Å². The average molecular weight is 457 g/mol. The zero-order valence-corrected chi connectivity index (χ0v) is 17.8. The number of halogens is 2. The number of fused-ring (bicyclic) bond motifs is 1. The van der Waals surface area contributed by atoms with Crippen LogP contribution in [-0.2, 0) is 17.8 Å². The minimum absolute atomic E-state index is 0.00828. The van der Waals surface area contributed by atoms with E-state index in [1.54, 1.807) is 48.5 Å². The summed E-state index contributed by atoms with van der Waals surface area (Å²) in [6, 6.07) is 17.3. The Bertz CT molecular complexity index is 1130. The topological polar surface area (TPSA) is 76.7 Å². The van der Waals surface area contributed by atoms with E-state index in [1.807, 2.05) is 12.1 Å². The maximum Gasteiger partial charge on any atom is 0.253 e. The van der Waals surface area contributed by atoms with Crippen LogP contribution >= 0.6 is 23.2 Å². The van der Waals surface area contributed by atoms with E-state index in [4.69, 9.17) is 32.7 Å². The summed E-state index contributed by atoms with van der Waals surface area (Å²) in [5.74, 6) is 0.690. The number of ether oxygens (including phenoxy) is 2. The Morgan fingerprint density at radius 3 is 2.45 bits per heavy atom. The third-order valence-electron chi connectivity index (χ3n) is 4.73. The highest BCUT2D eigenvalue weighted by Crippen LogP contribution is 2.32. The highest BCUT2D eigenvalue weighted by Gasteiger charge is 2.17. The predicted molar refractivity (Wildman–Crippen MR) is 119 cm³/mol. The molecule has 3 aromatic carbocycles. The van der Waals surface area contributed by atoms with Gasteiger partial charge in [0.15, 0.2) is 11.5 Å². The number of amides is 2. The van der Waals surface area contributed by atoms with E-state index in [1.165, 1.54) is 0 Å². The van der Waals surface area contributed by atoms with Crippen LogP contribution in [0.25, 0.3) is 0 Å². The summed E-state index contributed by atoms with van der Waals surface area (Å²) in [4.78, 5) is 25.3. The Hall–Kier alpha value is -3.22. The van der Waals surface area contributed by atoms with Gasteiger partial charge in [0, 0.05) is 16.6 Å². The highest BCUT2D eigenvalue weighted by atomic mass is 35.5. The molecule has 2 amide bonds. The van der Waals surface area contributed by atoms with Crippen LogP contribution in [-0.4, -0.2) is 18.6 Å². The minimum atomic E-state index is -0.328. The summed E-state index contributed by atoms with van der Waals surface area (Å²) in [5.41, 5.74) is 2.15. The summed E-state index contributed by atoms with van der Waals surface area (Å²) in [6.45, 7) is 0.491. The quantitative estimate of drug-likeness (QED) is 0.556. The monoisotopic (exact) mass is 456 g/mol. The van der Waals surface area contributed by atoms with E-state index >= 15 is 0 Å². The van der Waals surface area contributed by atoms with Crippen molar-refractivity contribution < 1.29 is 19.1 Å². The Labute approximate surface area is 189 Å². The molecule has 0 fully saturated rings. The first-order valence-electron chi connectivity index (χ1n) is 9.50. The SMILES string of the molecule is O=C(Cc1c(Cl)cccc1Cl)Nc1ccccc1C(=O)NCc1ccc2c(c1)OCO2. The number of nitrogens with one attached hydrogen (secondary N) is 2. The minimum Gasteiger partial charge on any atom is -0.454 e. The molecule has 0 atom stereocenters. The van der Waals surface area contributed by atoms with Gasteiger partial charge >= 0.3 is 0 Å². The molecular formula is C23H18Cl2N2O4. The Kier molecular flexibility index (Phi) is 6.30. The van der Waals surface area contributed by atoms with Crippen molar-refractivity contribution >= 4 is 40.7 Å². The standard InChI is InChI=1S/C23H18Cl2N2O4/c24-17-5-3-6-18(25)16(17)11-22(28)27-19-7-2-1-4-15(19)23(29)26-12-14-8-9-20-21(10-14)31-13-30-20/h1-10H,11-13H2,(H,26,29)(H,27,28). The molecule has 6 nitrogen and oxygen atoms in total. The van der Waals surface area contributed by atoms with Crippen molar-refractivity contribution in [1.82, 2.24) is 5.32 Å². The number of rotatable bonds is 6. The largest absolute Gasteiger partial charge is 0.454 e. The molecule has 0 saturated heterocycles. The molecule has 1 aliphatic rings. The lowest BCUT2D eigenvalue weighted by Crippen LogP contribution is -2.25. The van der Waals surface area contributed by atoms with E-state index in [0.717, 1.165) is 5.56 Å². The first kappa shape index (κ1) is 21.0. The number of para-hydroxylation sites is 1. The number of carbonyl (C=O) groups is 2. The summed E-state index contributed by atoms with van der Waals surface area (Å²) in [5, 5.41) is 6.46. The summed E-state index contributed by atoms with van der Waals surface area (Å²) in [6.07, 6.45) is -0.00828. The predicted octanol–water partition coefficient (Wildman–Crippen LogP) is 4.83. The van der Waals surface area contributed by atoms with Gasteiger partial charge in [-0.2, -0.15) is 0 Å². The van der Waals surface area contributed by atoms with Gasteiger partial charge in [-0.3, -0.25) is 9.59 Å². The number of benzene rings is 3. The van der Waals surface area contributed by atoms with Crippen molar-refractivity contribution in [1.29, 1.82) is 0 Å². The zero-order chi connectivity index (χ0) is 21.8. The molecule has 4 rings (SSSR count). The van der Waals surface area contributed by atoms with Gasteiger partial charge in [-0.05, 0) is 47.5 Å². The second kappa shape index (κ2) is 9.29. The summed E-state index contributed by atoms with van der Waals surface area (Å²) in [7, 11) is 0. The van der Waals surface area contributed by atoms with E-state index in [2.05, 4.69) is 10.6 Å². The second-order valence-electron chi connectivity index (χ2n) is 6.84. The molecule has 0 saturated carbocycles. The van der Waals surface area contributed by atoms with Crippen LogP contribution in [0.4, 0.5) is 5.69 Å². The third kappa shape index (κ3) is 4.93. The fourth-order valence-corrected chi connectivity index (χ4v) is 3.71. The van der Waals surface area contributed by atoms with Crippen molar-refractivity contribution in [3.05, 3.63) is 87.4 Å². The van der Waals surface area contributed by atoms with Crippen molar-refractivity contribution in [3.63, 3.8) is 0 Å². The third-order valence-corrected chi connectivity index (χ3v) is 5.44. The lowest BCUT2D eigenvalue weighted by atomic mass is 10.1. The number of anilines is 1. The van der Waals surface area contributed by atoms with E-state index in [9.17, 15) is 9.59 Å². The van der Waals surface area contributed by atoms with E-state index in [0.29, 0.717) is 44.9 Å². The van der Waals surface area contributed by atoms with E-state index in [-0.39, 0.29) is 25.0 Å². The molecule has 31 heavy (non-hydrogen) atoms. The number of carbonyl (C=O) groups excluding carboxylic acids is 2. The molecule has 3 aromatic rings. The molecule has 8 heteroatoms. The van der Waals surface area contributed by atoms with Crippen molar-refractivity contribution in [2.45, 2.75) is 13.0 Å². The van der Waals surface area contributed by atoms with Gasteiger partial charge < -0.3 is 20.1 Å². The molecule has 1 heterocycles. The molecule has 2 N–H and O–H groups in total. The smallest absolute Gasteiger partial charge is 0.253 e. The Morgan fingerprint density at radius 2 is 1.65 bits per heavy atom. The van der Waals surface area contributed by atoms with Crippen LogP contribution in [0.1, 0.15) is 21.5 Å². The Morgan fingerprint density at radius 1 is 0.903 bits per heavy atom. The summed E-state index contributed by atoms with van der Waals surface area (Å²) >= 11 is 12.3. The van der Waals surface area contributed by atoms with Gasteiger partial charge in [0.2, 0.25) is 12.7 Å². The highest BCUT2D eigenvalue weighted by molar-refractivity contribution is 6.36. The van der Waals surface area contributed by atoms with E-state index < -0.39 is 0 Å². The molecule has 158 valence electrons. The fourth-order valence-electron chi connectivity index (χ4n) is 3.17. The second-order valence-corrected chi connectivity index (χ2v) is 7.66. The van der Waals surface area contributed by atoms with Crippen LogP contribution in [0.15, 0.2) is 60.7 Å². The van der Waals surface area contributed by atoms with Gasteiger partial charge in [-0.15, -0.1) is 0 Å². The normalized spacial score (nSPS) is 11.8. The molecule has 1 aliphatic heterocycles. The van der Waals surface area contributed by atoms with Crippen molar-refractivity contribution in [2.24, 2.45) is 0 Å². The molecular weight excluding hydrogens is 439 g/mol. The van der Waals surface area contributed by atoms with Crippen LogP contribution < -0.4 is 20.1 Å². The first-order chi connectivity index (χ1) is 15.0. The van der Waals surface area contributed by atoms with Crippen LogP contribution in [0, 0.1) is 0 Å². The molecule has 0 bridgehead atoms. The lowest BCUT2D eigenvalue weighted by molar-refractivity contribution is -0.115. The van der Waals surface area contributed by atoms with Gasteiger partial charge in [-0.25, -0.2) is 0 Å². The Balaban J connectivity index is 1.43. The molecule has 0 radical (unpaired) electrons. The molecule has 0 unspecified atom stereocenters. The van der Waals surface area contributed by atoms with Crippen LogP contribution in [0.2, 0.25) is 10.0 Å². The first-order valence-corrected chi connectivity index (χ1v) is 10.3. The van der Waals surface area contributed by atoms with Crippen molar-refractivity contribution in [3.8, 4) is 11.5 Å². The maximum atomic E-state index is 12.8. The zero-order valence-electron chi connectivity index (χ0n) is 16.3. The average Bonchev–Trinajstić information content (AvgIpc) is 3.23. The van der Waals surface area contributed by atoms with Gasteiger partial charge in [0.25, 0.3) is 5.91 Å². The number of hydrogen-bond acceptors (Lipinski definition) is 4. The summed E-state index contributed by atoms with van der Waals surface area (Å²) < 4.78 is 10.6. The fraction of sp³-hybridized carbons (Fsp3) is 0.130. The molecule has 0 aromatic heterocycles. The molecule has 0 spiro atoms. The van der Waals surface area contributed by atoms with Crippen LogP contribution in [0.3, 0.4) is 0 Å².